The van der Waals surface area contributed by atoms with Gasteiger partial charge in [-0.3, -0.25) is 13.9 Å². The molecule has 0 spiro atoms. The summed E-state index contributed by atoms with van der Waals surface area (Å²) in [7, 11) is -4.20. The second-order valence-corrected chi connectivity index (χ2v) is 9.38. The fourth-order valence-electron chi connectivity index (χ4n) is 3.65. The lowest BCUT2D eigenvalue weighted by atomic mass is 10.2. The highest BCUT2D eigenvalue weighted by Crippen LogP contribution is 2.27. The molecule has 1 aliphatic heterocycles. The third-order valence-corrected chi connectivity index (χ3v) is 7.05. The van der Waals surface area contributed by atoms with Gasteiger partial charge in [0.1, 0.15) is 12.4 Å². The number of sulfonamides is 1. The van der Waals surface area contributed by atoms with Gasteiger partial charge < -0.3 is 10.2 Å². The number of anilines is 3. The van der Waals surface area contributed by atoms with Gasteiger partial charge in [-0.25, -0.2) is 12.8 Å². The Morgan fingerprint density at radius 3 is 2.27 bits per heavy atom. The summed E-state index contributed by atoms with van der Waals surface area (Å²) in [5.74, 6) is -1.34. The van der Waals surface area contributed by atoms with Crippen molar-refractivity contribution >= 4 is 38.9 Å². The molecule has 1 aliphatic rings. The third-order valence-electron chi connectivity index (χ3n) is 5.28. The number of halogens is 1. The van der Waals surface area contributed by atoms with E-state index in [9.17, 15) is 22.4 Å². The summed E-state index contributed by atoms with van der Waals surface area (Å²) in [6.45, 7) is 0.0318. The van der Waals surface area contributed by atoms with Gasteiger partial charge in [-0.15, -0.1) is 0 Å². The minimum atomic E-state index is -4.20. The van der Waals surface area contributed by atoms with Crippen LogP contribution >= 0.6 is 0 Å². The van der Waals surface area contributed by atoms with Crippen molar-refractivity contribution in [3.63, 3.8) is 0 Å². The largest absolute Gasteiger partial charge is 0.325 e. The van der Waals surface area contributed by atoms with Gasteiger partial charge in [-0.2, -0.15) is 0 Å². The van der Waals surface area contributed by atoms with Crippen molar-refractivity contribution in [3.8, 4) is 0 Å². The predicted octanol–water partition coefficient (Wildman–Crippen LogP) is 3.79. The Kier molecular flexibility index (Phi) is 6.41. The number of hydrogen-bond donors (Lipinski definition) is 1. The zero-order chi connectivity index (χ0) is 23.4. The molecule has 0 aromatic heterocycles. The summed E-state index contributed by atoms with van der Waals surface area (Å²) in [6, 6.07) is 19.7. The van der Waals surface area contributed by atoms with Crippen LogP contribution in [0.4, 0.5) is 21.5 Å². The predicted molar refractivity (Wildman–Crippen MR) is 124 cm³/mol. The van der Waals surface area contributed by atoms with Gasteiger partial charge in [0.15, 0.2) is 0 Å². The third kappa shape index (κ3) is 4.88. The van der Waals surface area contributed by atoms with E-state index in [1.165, 1.54) is 30.3 Å². The van der Waals surface area contributed by atoms with Crippen molar-refractivity contribution in [3.05, 3.63) is 84.7 Å². The average Bonchev–Trinajstić information content (AvgIpc) is 3.25. The maximum absolute atomic E-state index is 14.5. The first-order chi connectivity index (χ1) is 15.9. The molecule has 1 fully saturated rings. The lowest BCUT2D eigenvalue weighted by molar-refractivity contribution is -0.117. The molecule has 0 saturated carbocycles. The van der Waals surface area contributed by atoms with E-state index >= 15 is 0 Å². The molecule has 3 aromatic carbocycles. The summed E-state index contributed by atoms with van der Waals surface area (Å²) in [6.07, 6.45) is 1.32. The van der Waals surface area contributed by atoms with Gasteiger partial charge in [-0.05, 0) is 55.0 Å². The molecule has 7 nitrogen and oxygen atoms in total. The molecule has 33 heavy (non-hydrogen) atoms. The molecule has 2 amide bonds. The molecule has 0 radical (unpaired) electrons. The lowest BCUT2D eigenvalue weighted by Gasteiger charge is -2.24. The van der Waals surface area contributed by atoms with Crippen molar-refractivity contribution < 1.29 is 22.4 Å². The summed E-state index contributed by atoms with van der Waals surface area (Å²) in [5.41, 5.74) is 0.940. The molecule has 0 unspecified atom stereocenters. The van der Waals surface area contributed by atoms with Gasteiger partial charge in [-0.1, -0.05) is 30.3 Å². The average molecular weight is 468 g/mol. The topological polar surface area (TPSA) is 86.8 Å². The molecule has 4 rings (SSSR count). The highest BCUT2D eigenvalue weighted by atomic mass is 32.2. The van der Waals surface area contributed by atoms with Crippen LogP contribution in [0.3, 0.4) is 0 Å². The van der Waals surface area contributed by atoms with Crippen molar-refractivity contribution in [2.75, 3.05) is 27.6 Å². The Morgan fingerprint density at radius 1 is 0.970 bits per heavy atom. The Bertz CT molecular complexity index is 1260. The maximum atomic E-state index is 14.5. The van der Waals surface area contributed by atoms with Gasteiger partial charge in [0.05, 0.1) is 10.6 Å². The minimum Gasteiger partial charge on any atom is -0.325 e. The molecule has 1 N–H and O–H groups in total. The molecule has 1 heterocycles. The van der Waals surface area contributed by atoms with Crippen LogP contribution in [0.25, 0.3) is 0 Å². The van der Waals surface area contributed by atoms with Crippen molar-refractivity contribution in [1.29, 1.82) is 0 Å². The second-order valence-electron chi connectivity index (χ2n) is 7.52. The number of carbonyl (C=O) groups is 2. The van der Waals surface area contributed by atoms with Crippen LogP contribution in [0.1, 0.15) is 12.8 Å². The second kappa shape index (κ2) is 9.41. The van der Waals surface area contributed by atoms with Gasteiger partial charge in [0.2, 0.25) is 11.8 Å². The molecule has 3 aromatic rings. The molecule has 0 atom stereocenters. The first-order valence-corrected chi connectivity index (χ1v) is 11.8. The van der Waals surface area contributed by atoms with E-state index in [0.717, 1.165) is 22.5 Å². The summed E-state index contributed by atoms with van der Waals surface area (Å²) >= 11 is 0. The molecule has 170 valence electrons. The Hall–Kier alpha value is -3.72. The Morgan fingerprint density at radius 2 is 1.64 bits per heavy atom. The first kappa shape index (κ1) is 22.5. The van der Waals surface area contributed by atoms with Crippen LogP contribution in [0, 0.1) is 5.82 Å². The van der Waals surface area contributed by atoms with Crippen LogP contribution in [0.5, 0.6) is 0 Å². The molecule has 0 bridgehead atoms. The number of carbonyl (C=O) groups excluding carboxylic acids is 2. The monoisotopic (exact) mass is 467 g/mol. The Balaban J connectivity index is 1.56. The first-order valence-electron chi connectivity index (χ1n) is 10.4. The van der Waals surface area contributed by atoms with E-state index < -0.39 is 28.3 Å². The van der Waals surface area contributed by atoms with Crippen LogP contribution in [-0.2, 0) is 19.6 Å². The fraction of sp³-hybridized carbons (Fsp3) is 0.167. The molecule has 1 saturated heterocycles. The summed E-state index contributed by atoms with van der Waals surface area (Å²) in [5, 5.41) is 2.64. The van der Waals surface area contributed by atoms with Crippen LogP contribution in [0.2, 0.25) is 0 Å². The van der Waals surface area contributed by atoms with Gasteiger partial charge in [0.25, 0.3) is 10.0 Å². The number of benzene rings is 3. The van der Waals surface area contributed by atoms with Crippen LogP contribution in [0.15, 0.2) is 83.8 Å². The molecule has 0 aliphatic carbocycles. The summed E-state index contributed by atoms with van der Waals surface area (Å²) < 4.78 is 41.7. The smallest absolute Gasteiger partial charge is 0.264 e. The van der Waals surface area contributed by atoms with Crippen molar-refractivity contribution in [2.24, 2.45) is 0 Å². The van der Waals surface area contributed by atoms with E-state index in [1.54, 1.807) is 47.4 Å². The van der Waals surface area contributed by atoms with Crippen molar-refractivity contribution in [2.45, 2.75) is 17.7 Å². The quantitative estimate of drug-likeness (QED) is 0.573. The van der Waals surface area contributed by atoms with Crippen LogP contribution < -0.4 is 14.5 Å². The highest BCUT2D eigenvalue weighted by molar-refractivity contribution is 7.92. The van der Waals surface area contributed by atoms with Crippen LogP contribution in [-0.4, -0.2) is 33.3 Å². The molecular weight excluding hydrogens is 445 g/mol. The maximum Gasteiger partial charge on any atom is 0.264 e. The van der Waals surface area contributed by atoms with E-state index in [2.05, 4.69) is 5.32 Å². The van der Waals surface area contributed by atoms with E-state index in [-0.39, 0.29) is 16.5 Å². The zero-order valence-corrected chi connectivity index (χ0v) is 18.5. The van der Waals surface area contributed by atoms with E-state index in [4.69, 9.17) is 0 Å². The number of hydrogen-bond acceptors (Lipinski definition) is 4. The summed E-state index contributed by atoms with van der Waals surface area (Å²) in [4.78, 5) is 26.3. The van der Waals surface area contributed by atoms with Gasteiger partial charge in [0, 0.05) is 24.3 Å². The van der Waals surface area contributed by atoms with Crippen molar-refractivity contribution in [1.82, 2.24) is 0 Å². The highest BCUT2D eigenvalue weighted by Gasteiger charge is 2.29. The minimum absolute atomic E-state index is 0.0541. The molecule has 9 heteroatoms. The number of amides is 2. The van der Waals surface area contributed by atoms with Gasteiger partial charge >= 0.3 is 0 Å². The SMILES string of the molecule is O=C(CN(c1ccccc1F)S(=O)(=O)c1ccccc1)Nc1ccc(N2CCCC2=O)cc1. The number of para-hydroxylation sites is 1. The normalized spacial score (nSPS) is 13.7. The zero-order valence-electron chi connectivity index (χ0n) is 17.6. The number of nitrogens with one attached hydrogen (secondary N) is 1. The fourth-order valence-corrected chi connectivity index (χ4v) is 5.10. The number of rotatable bonds is 7. The lowest BCUT2D eigenvalue weighted by Crippen LogP contribution is -2.38. The standard InChI is InChI=1S/C24H22FN3O4S/c25-21-9-4-5-10-22(21)28(33(31,32)20-7-2-1-3-8-20)17-23(29)26-18-12-14-19(15-13-18)27-16-6-11-24(27)30/h1-5,7-10,12-15H,6,11,16-17H2,(H,26,29). The molecular formula is C24H22FN3O4S. The van der Waals surface area contributed by atoms with E-state index in [1.807, 2.05) is 0 Å². The Labute approximate surface area is 191 Å². The van der Waals surface area contributed by atoms with E-state index in [0.29, 0.717) is 18.7 Å². The number of nitrogens with zero attached hydrogens (tertiary/aromatic N) is 2.